The molecule has 1 aliphatic heterocycles. The number of imide groups is 1. The van der Waals surface area contributed by atoms with E-state index in [0.29, 0.717) is 34.4 Å². The van der Waals surface area contributed by atoms with Crippen molar-refractivity contribution in [3.63, 3.8) is 0 Å². The number of nitrogens with zero attached hydrogens (tertiary/aromatic N) is 2. The van der Waals surface area contributed by atoms with Gasteiger partial charge in [0, 0.05) is 35.3 Å². The molecule has 0 unspecified atom stereocenters. The summed E-state index contributed by atoms with van der Waals surface area (Å²) in [7, 11) is 0. The van der Waals surface area contributed by atoms with Gasteiger partial charge in [0.15, 0.2) is 0 Å². The fourth-order valence-corrected chi connectivity index (χ4v) is 4.75. The number of hydrogen-bond acceptors (Lipinski definition) is 5. The van der Waals surface area contributed by atoms with Crippen LogP contribution in [0.2, 0.25) is 0 Å². The SMILES string of the molecule is CCN(CC)c1ccc(-c2ccc3c4c(cccc24)C(=O)N(c2ccc(OC=O)cc2)C3=O)cc1. The molecule has 2 amide bonds. The van der Waals surface area contributed by atoms with Crippen LogP contribution in [0, 0.1) is 0 Å². The molecule has 6 nitrogen and oxygen atoms in total. The zero-order valence-corrected chi connectivity index (χ0v) is 19.5. The van der Waals surface area contributed by atoms with Crippen LogP contribution in [0.1, 0.15) is 34.6 Å². The van der Waals surface area contributed by atoms with Crippen molar-refractivity contribution >= 4 is 40.4 Å². The van der Waals surface area contributed by atoms with Crippen LogP contribution in [-0.4, -0.2) is 31.4 Å². The van der Waals surface area contributed by atoms with E-state index in [9.17, 15) is 14.4 Å². The number of carbonyl (C=O) groups is 3. The molecule has 35 heavy (non-hydrogen) atoms. The average Bonchev–Trinajstić information content (AvgIpc) is 2.89. The van der Waals surface area contributed by atoms with Crippen LogP contribution in [0.3, 0.4) is 0 Å². The van der Waals surface area contributed by atoms with Crippen LogP contribution in [0.4, 0.5) is 11.4 Å². The second-order valence-electron chi connectivity index (χ2n) is 8.26. The molecule has 1 aliphatic rings. The monoisotopic (exact) mass is 464 g/mol. The molecule has 0 atom stereocenters. The Hall–Kier alpha value is -4.45. The number of benzene rings is 4. The Balaban J connectivity index is 1.58. The van der Waals surface area contributed by atoms with Crippen LogP contribution >= 0.6 is 0 Å². The Morgan fingerprint density at radius 2 is 1.40 bits per heavy atom. The first-order valence-corrected chi connectivity index (χ1v) is 11.6. The highest BCUT2D eigenvalue weighted by Gasteiger charge is 2.34. The maximum absolute atomic E-state index is 13.5. The maximum Gasteiger partial charge on any atom is 0.298 e. The van der Waals surface area contributed by atoms with Gasteiger partial charge in [-0.15, -0.1) is 0 Å². The number of ether oxygens (including phenoxy) is 1. The van der Waals surface area contributed by atoms with Crippen LogP contribution in [0.25, 0.3) is 21.9 Å². The first-order valence-electron chi connectivity index (χ1n) is 11.6. The van der Waals surface area contributed by atoms with Gasteiger partial charge in [-0.05, 0) is 78.9 Å². The van der Waals surface area contributed by atoms with Crippen LogP contribution in [0.15, 0.2) is 78.9 Å². The average molecular weight is 465 g/mol. The van der Waals surface area contributed by atoms with E-state index in [4.69, 9.17) is 4.74 Å². The molecule has 0 fully saturated rings. The molecular formula is C29H24N2O4. The van der Waals surface area contributed by atoms with Crippen molar-refractivity contribution in [2.75, 3.05) is 22.9 Å². The van der Waals surface area contributed by atoms with Crippen LogP contribution in [0.5, 0.6) is 5.75 Å². The molecule has 0 aliphatic carbocycles. The molecule has 0 aromatic heterocycles. The summed E-state index contributed by atoms with van der Waals surface area (Å²) in [6.45, 7) is 6.47. The summed E-state index contributed by atoms with van der Waals surface area (Å²) in [6.07, 6.45) is 0. The minimum Gasteiger partial charge on any atom is -0.429 e. The van der Waals surface area contributed by atoms with E-state index in [1.165, 1.54) is 4.90 Å². The van der Waals surface area contributed by atoms with E-state index >= 15 is 0 Å². The van der Waals surface area contributed by atoms with Gasteiger partial charge in [0.25, 0.3) is 18.3 Å². The van der Waals surface area contributed by atoms with Gasteiger partial charge in [0.1, 0.15) is 5.75 Å². The Morgan fingerprint density at radius 1 is 0.771 bits per heavy atom. The molecule has 0 radical (unpaired) electrons. The van der Waals surface area contributed by atoms with E-state index < -0.39 is 0 Å². The lowest BCUT2D eigenvalue weighted by Gasteiger charge is -2.28. The Bertz CT molecular complexity index is 1420. The summed E-state index contributed by atoms with van der Waals surface area (Å²) in [6, 6.07) is 23.9. The lowest BCUT2D eigenvalue weighted by Crippen LogP contribution is -2.40. The normalized spacial score (nSPS) is 12.7. The number of anilines is 2. The quantitative estimate of drug-likeness (QED) is 0.260. The highest BCUT2D eigenvalue weighted by Crippen LogP contribution is 2.38. The molecule has 4 aromatic carbocycles. The van der Waals surface area contributed by atoms with Gasteiger partial charge in [0.2, 0.25) is 0 Å². The van der Waals surface area contributed by atoms with Gasteiger partial charge < -0.3 is 9.64 Å². The molecule has 174 valence electrons. The Labute approximate surface area is 203 Å². The fraction of sp³-hybridized carbons (Fsp3) is 0.138. The topological polar surface area (TPSA) is 66.9 Å². The third kappa shape index (κ3) is 3.73. The Kier molecular flexibility index (Phi) is 5.79. The lowest BCUT2D eigenvalue weighted by molar-refractivity contribution is -0.120. The summed E-state index contributed by atoms with van der Waals surface area (Å²) in [5.41, 5.74) is 4.53. The van der Waals surface area contributed by atoms with Gasteiger partial charge in [0.05, 0.1) is 5.69 Å². The second-order valence-corrected chi connectivity index (χ2v) is 8.26. The van der Waals surface area contributed by atoms with Crippen molar-refractivity contribution in [2.24, 2.45) is 0 Å². The zero-order chi connectivity index (χ0) is 24.5. The van der Waals surface area contributed by atoms with Gasteiger partial charge >= 0.3 is 0 Å². The number of hydrogen-bond donors (Lipinski definition) is 0. The predicted octanol–water partition coefficient (Wildman–Crippen LogP) is 5.69. The molecule has 0 bridgehead atoms. The first kappa shape index (κ1) is 22.3. The van der Waals surface area contributed by atoms with E-state index in [1.54, 1.807) is 36.4 Å². The van der Waals surface area contributed by atoms with E-state index in [1.807, 2.05) is 18.2 Å². The fourth-order valence-electron chi connectivity index (χ4n) is 4.75. The summed E-state index contributed by atoms with van der Waals surface area (Å²) in [4.78, 5) is 41.0. The molecule has 6 heteroatoms. The van der Waals surface area contributed by atoms with Crippen LogP contribution in [-0.2, 0) is 4.79 Å². The lowest BCUT2D eigenvalue weighted by atomic mass is 9.89. The van der Waals surface area contributed by atoms with Gasteiger partial charge in [-0.3, -0.25) is 14.4 Å². The molecule has 0 saturated carbocycles. The van der Waals surface area contributed by atoms with Crippen molar-refractivity contribution in [3.05, 3.63) is 90.0 Å². The Morgan fingerprint density at radius 3 is 2.03 bits per heavy atom. The van der Waals surface area contributed by atoms with Crippen molar-refractivity contribution in [1.82, 2.24) is 0 Å². The summed E-state index contributed by atoms with van der Waals surface area (Å²) in [5, 5.41) is 1.54. The molecule has 5 rings (SSSR count). The van der Waals surface area contributed by atoms with Crippen molar-refractivity contribution < 1.29 is 19.1 Å². The standard InChI is InChI=1S/C29H24N2O4/c1-3-30(4-2)20-10-8-19(9-11-20)23-16-17-26-27-24(23)6-5-7-25(27)28(33)31(29(26)34)21-12-14-22(15-13-21)35-18-32/h5-18H,3-4H2,1-2H3. The van der Waals surface area contributed by atoms with E-state index in [-0.39, 0.29) is 11.8 Å². The third-order valence-corrected chi connectivity index (χ3v) is 6.49. The van der Waals surface area contributed by atoms with Gasteiger partial charge in [-0.1, -0.05) is 30.3 Å². The second kappa shape index (κ2) is 9.06. The molecule has 0 spiro atoms. The minimum absolute atomic E-state index is 0.331. The number of rotatable bonds is 7. The predicted molar refractivity (Wildman–Crippen MR) is 137 cm³/mol. The molecule has 0 saturated heterocycles. The van der Waals surface area contributed by atoms with Crippen molar-refractivity contribution in [1.29, 1.82) is 0 Å². The van der Waals surface area contributed by atoms with Crippen molar-refractivity contribution in [3.8, 4) is 16.9 Å². The first-order chi connectivity index (χ1) is 17.1. The molecular weight excluding hydrogens is 440 g/mol. The molecule has 0 N–H and O–H groups in total. The maximum atomic E-state index is 13.5. The van der Waals surface area contributed by atoms with E-state index in [0.717, 1.165) is 35.3 Å². The number of amides is 2. The highest BCUT2D eigenvalue weighted by molar-refractivity contribution is 6.36. The third-order valence-electron chi connectivity index (χ3n) is 6.49. The van der Waals surface area contributed by atoms with Gasteiger partial charge in [-0.2, -0.15) is 0 Å². The summed E-state index contributed by atoms with van der Waals surface area (Å²) >= 11 is 0. The zero-order valence-electron chi connectivity index (χ0n) is 19.5. The van der Waals surface area contributed by atoms with Gasteiger partial charge in [-0.25, -0.2) is 4.90 Å². The molecule has 4 aromatic rings. The molecule has 1 heterocycles. The van der Waals surface area contributed by atoms with E-state index in [2.05, 4.69) is 43.0 Å². The summed E-state index contributed by atoms with van der Waals surface area (Å²) in [5.74, 6) is -0.433. The minimum atomic E-state index is -0.383. The van der Waals surface area contributed by atoms with Crippen LogP contribution < -0.4 is 14.5 Å². The largest absolute Gasteiger partial charge is 0.429 e. The highest BCUT2D eigenvalue weighted by atomic mass is 16.5. The smallest absolute Gasteiger partial charge is 0.298 e. The summed E-state index contributed by atoms with van der Waals surface area (Å²) < 4.78 is 4.82. The van der Waals surface area contributed by atoms with Crippen molar-refractivity contribution in [2.45, 2.75) is 13.8 Å². The number of carbonyl (C=O) groups excluding carboxylic acids is 3.